The summed E-state index contributed by atoms with van der Waals surface area (Å²) in [5.41, 5.74) is 9.39. The SMILES string of the molecule is c1cncc(-c2ccc(-c3nc(-c4cc(-c5cccc6cc7ccccc7cc56)cc(-c5cccc6cc7ccccc7cc56)c4)nc(-c4cccc5c4sc4ccc6ccccc6c45)n3)cc2)c1. The van der Waals surface area contributed by atoms with Crippen molar-refractivity contribution in [2.45, 2.75) is 0 Å². The van der Waals surface area contributed by atoms with E-state index in [1.54, 1.807) is 17.5 Å². The van der Waals surface area contributed by atoms with Gasteiger partial charge in [-0.3, -0.25) is 4.98 Å². The Morgan fingerprint density at radius 2 is 0.812 bits per heavy atom. The van der Waals surface area contributed by atoms with Crippen LogP contribution in [-0.4, -0.2) is 19.9 Å². The number of pyridine rings is 1. The standard InChI is InChI=1S/C64H38N4S/c1-3-14-44-36-57-46(31-42(44)12-1)16-7-20-52(57)49-33-50(53-21-8-17-47-32-43-13-2-4-15-45(43)37-58(47)53)35-51(34-49)63-66-62(41-26-24-39(25-27-41)48-18-10-30-65-38-48)67-64(68-63)56-23-9-22-55-60-54-19-6-5-11-40(54)28-29-59(60)69-61(55)56/h1-38H. The lowest BCUT2D eigenvalue weighted by Crippen LogP contribution is -2.01. The summed E-state index contributed by atoms with van der Waals surface area (Å²) < 4.78 is 2.39. The molecule has 0 unspecified atom stereocenters. The highest BCUT2D eigenvalue weighted by Crippen LogP contribution is 2.44. The van der Waals surface area contributed by atoms with Gasteiger partial charge in [0, 0.05) is 49.3 Å². The Hall–Kier alpha value is -8.90. The fourth-order valence-corrected chi connectivity index (χ4v) is 11.6. The topological polar surface area (TPSA) is 51.6 Å². The van der Waals surface area contributed by atoms with Crippen LogP contribution in [0.25, 0.3) is 142 Å². The molecule has 4 nitrogen and oxygen atoms in total. The summed E-state index contributed by atoms with van der Waals surface area (Å²) in [6.45, 7) is 0. The molecule has 14 aromatic rings. The molecule has 0 aliphatic rings. The number of nitrogens with zero attached hydrogens (tertiary/aromatic N) is 4. The van der Waals surface area contributed by atoms with E-state index in [-0.39, 0.29) is 0 Å². The first-order valence-electron chi connectivity index (χ1n) is 23.2. The third-order valence-electron chi connectivity index (χ3n) is 13.7. The Labute approximate surface area is 401 Å². The quantitative estimate of drug-likeness (QED) is 0.156. The first-order chi connectivity index (χ1) is 34.1. The van der Waals surface area contributed by atoms with Gasteiger partial charge in [-0.2, -0.15) is 0 Å². The van der Waals surface area contributed by atoms with Crippen molar-refractivity contribution >= 4 is 85.4 Å². The number of rotatable bonds is 6. The summed E-state index contributed by atoms with van der Waals surface area (Å²) in [6, 6.07) is 78.8. The molecule has 0 saturated heterocycles. The minimum atomic E-state index is 0.606. The Bertz CT molecular complexity index is 4230. The average Bonchev–Trinajstić information content (AvgIpc) is 3.81. The molecule has 3 aromatic heterocycles. The van der Waals surface area contributed by atoms with E-state index in [2.05, 4.69) is 217 Å². The number of aromatic nitrogens is 4. The van der Waals surface area contributed by atoms with Crippen LogP contribution in [0.2, 0.25) is 0 Å². The van der Waals surface area contributed by atoms with Gasteiger partial charge in [-0.1, -0.05) is 158 Å². The van der Waals surface area contributed by atoms with Crippen LogP contribution in [0.15, 0.2) is 231 Å². The largest absolute Gasteiger partial charge is 0.264 e. The summed E-state index contributed by atoms with van der Waals surface area (Å²) in [4.78, 5) is 20.6. The molecule has 0 bridgehead atoms. The smallest absolute Gasteiger partial charge is 0.165 e. The maximum absolute atomic E-state index is 5.50. The van der Waals surface area contributed by atoms with Crippen molar-refractivity contribution in [1.82, 2.24) is 19.9 Å². The van der Waals surface area contributed by atoms with Crippen molar-refractivity contribution < 1.29 is 0 Å². The molecule has 5 heteroatoms. The number of hydrogen-bond donors (Lipinski definition) is 0. The maximum Gasteiger partial charge on any atom is 0.165 e. The zero-order chi connectivity index (χ0) is 45.4. The van der Waals surface area contributed by atoms with E-state index in [4.69, 9.17) is 15.0 Å². The molecule has 11 aromatic carbocycles. The molecule has 69 heavy (non-hydrogen) atoms. The number of fused-ring (bicyclic) bond motifs is 9. The molecule has 0 N–H and O–H groups in total. The van der Waals surface area contributed by atoms with Gasteiger partial charge in [-0.15, -0.1) is 11.3 Å². The highest BCUT2D eigenvalue weighted by molar-refractivity contribution is 7.26. The summed E-state index contributed by atoms with van der Waals surface area (Å²) in [7, 11) is 0. The zero-order valence-electron chi connectivity index (χ0n) is 37.1. The van der Waals surface area contributed by atoms with Gasteiger partial charge in [-0.25, -0.2) is 15.0 Å². The molecule has 14 rings (SSSR count). The van der Waals surface area contributed by atoms with Crippen LogP contribution in [0, 0.1) is 0 Å². The van der Waals surface area contributed by atoms with Gasteiger partial charge >= 0.3 is 0 Å². The van der Waals surface area contributed by atoms with Gasteiger partial charge in [0.2, 0.25) is 0 Å². The van der Waals surface area contributed by atoms with E-state index in [0.29, 0.717) is 17.5 Å². The van der Waals surface area contributed by atoms with Crippen LogP contribution in [0.5, 0.6) is 0 Å². The Kier molecular flexibility index (Phi) is 9.04. The second-order valence-corrected chi connectivity index (χ2v) is 18.9. The molecule has 0 spiro atoms. The lowest BCUT2D eigenvalue weighted by Gasteiger charge is -2.15. The third kappa shape index (κ3) is 6.74. The Morgan fingerprint density at radius 3 is 1.46 bits per heavy atom. The highest BCUT2D eigenvalue weighted by Gasteiger charge is 2.20. The van der Waals surface area contributed by atoms with Crippen molar-refractivity contribution in [3.8, 4) is 67.5 Å². The normalized spacial score (nSPS) is 11.8. The molecule has 0 aliphatic carbocycles. The molecule has 3 heterocycles. The lowest BCUT2D eigenvalue weighted by atomic mass is 9.90. The average molecular weight is 895 g/mol. The minimum absolute atomic E-state index is 0.606. The van der Waals surface area contributed by atoms with Crippen LogP contribution in [0.3, 0.4) is 0 Å². The van der Waals surface area contributed by atoms with Gasteiger partial charge in [-0.05, 0) is 148 Å². The fraction of sp³-hybridized carbons (Fsp3) is 0. The predicted octanol–water partition coefficient (Wildman–Crippen LogP) is 17.4. The van der Waals surface area contributed by atoms with Crippen LogP contribution >= 0.6 is 11.3 Å². The minimum Gasteiger partial charge on any atom is -0.264 e. The number of benzene rings is 11. The van der Waals surface area contributed by atoms with Crippen molar-refractivity contribution in [2.75, 3.05) is 0 Å². The van der Waals surface area contributed by atoms with Crippen LogP contribution < -0.4 is 0 Å². The van der Waals surface area contributed by atoms with E-state index in [1.165, 1.54) is 69.3 Å². The second-order valence-electron chi connectivity index (χ2n) is 17.8. The summed E-state index contributed by atoms with van der Waals surface area (Å²) >= 11 is 1.80. The van der Waals surface area contributed by atoms with E-state index in [9.17, 15) is 0 Å². The van der Waals surface area contributed by atoms with Crippen molar-refractivity contribution in [1.29, 1.82) is 0 Å². The molecule has 0 radical (unpaired) electrons. The molecular weight excluding hydrogens is 857 g/mol. The van der Waals surface area contributed by atoms with Crippen LogP contribution in [0.1, 0.15) is 0 Å². The summed E-state index contributed by atoms with van der Waals surface area (Å²) in [6.07, 6.45) is 3.70. The molecule has 0 amide bonds. The fourth-order valence-electron chi connectivity index (χ4n) is 10.3. The first-order valence-corrected chi connectivity index (χ1v) is 24.1. The maximum atomic E-state index is 5.50. The van der Waals surface area contributed by atoms with Gasteiger partial charge in [0.25, 0.3) is 0 Å². The van der Waals surface area contributed by atoms with E-state index in [1.807, 2.05) is 12.3 Å². The Balaban J connectivity index is 1.03. The summed E-state index contributed by atoms with van der Waals surface area (Å²) in [5.74, 6) is 1.85. The van der Waals surface area contributed by atoms with Gasteiger partial charge in [0.05, 0.1) is 0 Å². The number of thiophene rings is 1. The van der Waals surface area contributed by atoms with Crippen LogP contribution in [0.4, 0.5) is 0 Å². The first kappa shape index (κ1) is 39.3. The predicted molar refractivity (Wildman–Crippen MR) is 291 cm³/mol. The highest BCUT2D eigenvalue weighted by atomic mass is 32.1. The molecule has 0 aliphatic heterocycles. The molecule has 0 atom stereocenters. The van der Waals surface area contributed by atoms with Gasteiger partial charge < -0.3 is 0 Å². The zero-order valence-corrected chi connectivity index (χ0v) is 38.0. The molecule has 0 fully saturated rings. The third-order valence-corrected chi connectivity index (χ3v) is 14.9. The summed E-state index contributed by atoms with van der Waals surface area (Å²) in [5, 5.41) is 14.6. The number of hydrogen-bond acceptors (Lipinski definition) is 5. The van der Waals surface area contributed by atoms with E-state index >= 15 is 0 Å². The molecular formula is C64H38N4S. The van der Waals surface area contributed by atoms with Gasteiger partial charge in [0.15, 0.2) is 17.5 Å². The van der Waals surface area contributed by atoms with Crippen LogP contribution in [-0.2, 0) is 0 Å². The van der Waals surface area contributed by atoms with E-state index in [0.717, 1.165) is 54.8 Å². The second kappa shape index (κ2) is 15.9. The van der Waals surface area contributed by atoms with E-state index < -0.39 is 0 Å². The van der Waals surface area contributed by atoms with Crippen molar-refractivity contribution in [3.05, 3.63) is 231 Å². The molecule has 0 saturated carbocycles. The molecule has 320 valence electrons. The Morgan fingerprint density at radius 1 is 0.290 bits per heavy atom. The lowest BCUT2D eigenvalue weighted by molar-refractivity contribution is 1.08. The monoisotopic (exact) mass is 894 g/mol. The van der Waals surface area contributed by atoms with Crippen molar-refractivity contribution in [3.63, 3.8) is 0 Å². The van der Waals surface area contributed by atoms with Crippen molar-refractivity contribution in [2.24, 2.45) is 0 Å². The van der Waals surface area contributed by atoms with Gasteiger partial charge in [0.1, 0.15) is 0 Å².